The van der Waals surface area contributed by atoms with Gasteiger partial charge in [-0.1, -0.05) is 0 Å². The summed E-state index contributed by atoms with van der Waals surface area (Å²) in [6, 6.07) is -0.0839. The lowest BCUT2D eigenvalue weighted by atomic mass is 9.76. The zero-order chi connectivity index (χ0) is 13.3. The molecule has 0 amide bonds. The summed E-state index contributed by atoms with van der Waals surface area (Å²) in [4.78, 5) is 21.9. The first-order valence-corrected chi connectivity index (χ1v) is 6.03. The largest absolute Gasteiger partial charge is 0.481 e. The molecule has 3 N–H and O–H groups in total. The highest BCUT2D eigenvalue weighted by atomic mass is 19.1. The summed E-state index contributed by atoms with van der Waals surface area (Å²) >= 11 is 0. The fraction of sp³-hybridized carbons (Fsp3) is 0.667. The summed E-state index contributed by atoms with van der Waals surface area (Å²) < 4.78 is 13.2. The summed E-state index contributed by atoms with van der Waals surface area (Å²) in [6.45, 7) is 0. The van der Waals surface area contributed by atoms with Crippen LogP contribution in [0.25, 0.3) is 0 Å². The van der Waals surface area contributed by atoms with Crippen molar-refractivity contribution in [3.05, 3.63) is 11.8 Å². The number of hydrogen-bond acceptors (Lipinski definition) is 3. The van der Waals surface area contributed by atoms with E-state index in [0.717, 1.165) is 0 Å². The molecule has 0 radical (unpaired) electrons. The van der Waals surface area contributed by atoms with Crippen LogP contribution in [0.1, 0.15) is 25.7 Å². The third kappa shape index (κ3) is 2.47. The van der Waals surface area contributed by atoms with Gasteiger partial charge in [0.25, 0.3) is 0 Å². The fourth-order valence-electron chi connectivity index (χ4n) is 2.89. The molecule has 1 aliphatic heterocycles. The third-order valence-electron chi connectivity index (χ3n) is 3.76. The standard InChI is InChI=1S/C12H16FNO4/c13-6-1-2-7-9(5-14-10(7)3-6)8(12(17)18)4-11(15)16/h5-8,10,14H,1-4H2,(H,15,16)(H,17,18). The molecule has 1 heterocycles. The number of aliphatic carboxylic acids is 2. The van der Waals surface area contributed by atoms with Crippen LogP contribution in [0.4, 0.5) is 4.39 Å². The lowest BCUT2D eigenvalue weighted by Gasteiger charge is -2.31. The average Bonchev–Trinajstić information content (AvgIpc) is 2.67. The molecule has 0 aromatic carbocycles. The topological polar surface area (TPSA) is 86.6 Å². The minimum atomic E-state index is -1.13. The molecule has 18 heavy (non-hydrogen) atoms. The first kappa shape index (κ1) is 12.9. The summed E-state index contributed by atoms with van der Waals surface area (Å²) in [5.41, 5.74) is 0.599. The van der Waals surface area contributed by atoms with Gasteiger partial charge in [-0.25, -0.2) is 4.39 Å². The molecule has 0 saturated heterocycles. The van der Waals surface area contributed by atoms with Crippen molar-refractivity contribution in [1.29, 1.82) is 0 Å². The molecule has 2 rings (SSSR count). The Hall–Kier alpha value is -1.59. The fourth-order valence-corrected chi connectivity index (χ4v) is 2.89. The molecule has 0 aromatic rings. The molecule has 1 saturated carbocycles. The Morgan fingerprint density at radius 2 is 2.17 bits per heavy atom. The van der Waals surface area contributed by atoms with Gasteiger partial charge in [0.1, 0.15) is 6.17 Å². The number of nitrogens with one attached hydrogen (secondary N) is 1. The van der Waals surface area contributed by atoms with Crippen LogP contribution >= 0.6 is 0 Å². The van der Waals surface area contributed by atoms with Crippen LogP contribution in [0.5, 0.6) is 0 Å². The van der Waals surface area contributed by atoms with E-state index in [1.54, 1.807) is 6.20 Å². The number of carboxylic acids is 2. The van der Waals surface area contributed by atoms with E-state index in [1.165, 1.54) is 0 Å². The zero-order valence-corrected chi connectivity index (χ0v) is 9.80. The summed E-state index contributed by atoms with van der Waals surface area (Å²) in [7, 11) is 0. The molecule has 0 aromatic heterocycles. The van der Waals surface area contributed by atoms with Crippen LogP contribution in [0.3, 0.4) is 0 Å². The maximum atomic E-state index is 13.2. The van der Waals surface area contributed by atoms with Crippen LogP contribution in [0, 0.1) is 11.8 Å². The highest BCUT2D eigenvalue weighted by Crippen LogP contribution is 2.39. The monoisotopic (exact) mass is 257 g/mol. The van der Waals surface area contributed by atoms with Crippen molar-refractivity contribution in [1.82, 2.24) is 5.32 Å². The number of rotatable bonds is 4. The Balaban J connectivity index is 2.12. The summed E-state index contributed by atoms with van der Waals surface area (Å²) in [6.07, 6.45) is 1.66. The molecular weight excluding hydrogens is 241 g/mol. The Bertz CT molecular complexity index is 396. The van der Waals surface area contributed by atoms with Crippen molar-refractivity contribution in [2.45, 2.75) is 37.9 Å². The Labute approximate surface area is 104 Å². The van der Waals surface area contributed by atoms with E-state index in [-0.39, 0.29) is 12.0 Å². The van der Waals surface area contributed by atoms with Crippen LogP contribution in [0.15, 0.2) is 11.8 Å². The first-order chi connectivity index (χ1) is 8.49. The Kier molecular flexibility index (Phi) is 3.54. The van der Waals surface area contributed by atoms with E-state index in [1.807, 2.05) is 0 Å². The minimum absolute atomic E-state index is 0.0440. The average molecular weight is 257 g/mol. The molecule has 0 spiro atoms. The molecular formula is C12H16FNO4. The van der Waals surface area contributed by atoms with Gasteiger partial charge in [-0.15, -0.1) is 0 Å². The predicted octanol–water partition coefficient (Wildman–Crippen LogP) is 1.16. The molecule has 0 bridgehead atoms. The number of carbonyl (C=O) groups is 2. The van der Waals surface area contributed by atoms with Crippen LogP contribution < -0.4 is 5.32 Å². The zero-order valence-electron chi connectivity index (χ0n) is 9.80. The molecule has 4 atom stereocenters. The highest BCUT2D eigenvalue weighted by Gasteiger charge is 2.41. The van der Waals surface area contributed by atoms with E-state index >= 15 is 0 Å². The molecule has 1 fully saturated rings. The Morgan fingerprint density at radius 1 is 1.44 bits per heavy atom. The van der Waals surface area contributed by atoms with Gasteiger partial charge in [-0.2, -0.15) is 0 Å². The first-order valence-electron chi connectivity index (χ1n) is 6.03. The predicted molar refractivity (Wildman–Crippen MR) is 60.6 cm³/mol. The molecule has 100 valence electrons. The van der Waals surface area contributed by atoms with Gasteiger partial charge in [-0.05, 0) is 31.0 Å². The number of alkyl halides is 1. The van der Waals surface area contributed by atoms with Crippen molar-refractivity contribution in [2.75, 3.05) is 0 Å². The van der Waals surface area contributed by atoms with Gasteiger partial charge in [0.2, 0.25) is 0 Å². The van der Waals surface area contributed by atoms with Gasteiger partial charge in [0.05, 0.1) is 12.3 Å². The number of fused-ring (bicyclic) bond motifs is 1. The second-order valence-corrected chi connectivity index (χ2v) is 4.92. The van der Waals surface area contributed by atoms with E-state index in [4.69, 9.17) is 10.2 Å². The lowest BCUT2D eigenvalue weighted by molar-refractivity contribution is -0.147. The molecule has 1 aliphatic carbocycles. The quantitative estimate of drug-likeness (QED) is 0.703. The van der Waals surface area contributed by atoms with Crippen LogP contribution in [-0.2, 0) is 9.59 Å². The van der Waals surface area contributed by atoms with Gasteiger partial charge in [0, 0.05) is 12.0 Å². The highest BCUT2D eigenvalue weighted by molar-refractivity contribution is 5.80. The van der Waals surface area contributed by atoms with Gasteiger partial charge in [-0.3, -0.25) is 9.59 Å². The molecule has 4 unspecified atom stereocenters. The minimum Gasteiger partial charge on any atom is -0.481 e. The number of carboxylic acid groups (broad SMARTS) is 2. The molecule has 2 aliphatic rings. The molecule has 6 heteroatoms. The third-order valence-corrected chi connectivity index (χ3v) is 3.76. The van der Waals surface area contributed by atoms with Gasteiger partial charge in [0.15, 0.2) is 0 Å². The van der Waals surface area contributed by atoms with Crippen LogP contribution in [0.2, 0.25) is 0 Å². The summed E-state index contributed by atoms with van der Waals surface area (Å²) in [5.74, 6) is -3.32. The number of halogens is 1. The maximum absolute atomic E-state index is 13.2. The van der Waals surface area contributed by atoms with Crippen molar-refractivity contribution in [3.8, 4) is 0 Å². The van der Waals surface area contributed by atoms with Crippen molar-refractivity contribution in [2.24, 2.45) is 11.8 Å². The SMILES string of the molecule is O=C(O)CC(C(=O)O)C1=CNC2CC(F)CCC12. The van der Waals surface area contributed by atoms with E-state index < -0.39 is 30.4 Å². The van der Waals surface area contributed by atoms with Gasteiger partial charge < -0.3 is 15.5 Å². The smallest absolute Gasteiger partial charge is 0.311 e. The summed E-state index contributed by atoms with van der Waals surface area (Å²) in [5, 5.41) is 20.9. The van der Waals surface area contributed by atoms with Crippen molar-refractivity contribution in [3.63, 3.8) is 0 Å². The van der Waals surface area contributed by atoms with E-state index in [0.29, 0.717) is 24.8 Å². The normalized spacial score (nSPS) is 32.1. The van der Waals surface area contributed by atoms with Crippen molar-refractivity contribution < 1.29 is 24.2 Å². The second kappa shape index (κ2) is 4.96. The van der Waals surface area contributed by atoms with Crippen molar-refractivity contribution >= 4 is 11.9 Å². The van der Waals surface area contributed by atoms with Crippen LogP contribution in [-0.4, -0.2) is 34.4 Å². The molecule has 5 nitrogen and oxygen atoms in total. The van der Waals surface area contributed by atoms with Gasteiger partial charge >= 0.3 is 11.9 Å². The lowest BCUT2D eigenvalue weighted by Crippen LogP contribution is -2.36. The van der Waals surface area contributed by atoms with E-state index in [9.17, 15) is 14.0 Å². The second-order valence-electron chi connectivity index (χ2n) is 4.92. The van der Waals surface area contributed by atoms with E-state index in [2.05, 4.69) is 5.32 Å². The Morgan fingerprint density at radius 3 is 2.78 bits per heavy atom. The number of hydrogen-bond donors (Lipinski definition) is 3. The maximum Gasteiger partial charge on any atom is 0.311 e.